The van der Waals surface area contributed by atoms with E-state index in [4.69, 9.17) is 0 Å². The van der Waals surface area contributed by atoms with Gasteiger partial charge in [0.15, 0.2) is 0 Å². The summed E-state index contributed by atoms with van der Waals surface area (Å²) in [5.74, 6) is 0.767. The van der Waals surface area contributed by atoms with Gasteiger partial charge in [-0.1, -0.05) is 114 Å². The molecule has 0 aromatic heterocycles. The van der Waals surface area contributed by atoms with E-state index in [1.165, 1.54) is 107 Å². The van der Waals surface area contributed by atoms with Crippen LogP contribution in [-0.2, 0) is 6.42 Å². The van der Waals surface area contributed by atoms with Crippen molar-refractivity contribution in [1.29, 1.82) is 0 Å². The summed E-state index contributed by atoms with van der Waals surface area (Å²) >= 11 is 0. The summed E-state index contributed by atoms with van der Waals surface area (Å²) in [7, 11) is 0. The Morgan fingerprint density at radius 1 is 0.677 bits per heavy atom. The molecule has 3 rings (SSSR count). The van der Waals surface area contributed by atoms with Crippen LogP contribution in [0.2, 0.25) is 0 Å². The SMILES string of the molecule is CCCCCCCC1(C)CCC(c2ccc(-c3ccc(CCCCC)cc3)cc2)CC1. The molecular formula is C31H46. The van der Waals surface area contributed by atoms with Crippen molar-refractivity contribution in [2.75, 3.05) is 0 Å². The van der Waals surface area contributed by atoms with E-state index in [0.717, 1.165) is 5.92 Å². The van der Waals surface area contributed by atoms with Crippen LogP contribution in [-0.4, -0.2) is 0 Å². The molecule has 1 fully saturated rings. The molecule has 31 heavy (non-hydrogen) atoms. The highest BCUT2D eigenvalue weighted by Crippen LogP contribution is 2.45. The lowest BCUT2D eigenvalue weighted by molar-refractivity contribution is 0.177. The van der Waals surface area contributed by atoms with Gasteiger partial charge < -0.3 is 0 Å². The largest absolute Gasteiger partial charge is 0.0654 e. The second kappa shape index (κ2) is 12.5. The van der Waals surface area contributed by atoms with E-state index in [1.807, 2.05) is 0 Å². The van der Waals surface area contributed by atoms with Gasteiger partial charge in [-0.15, -0.1) is 0 Å². The summed E-state index contributed by atoms with van der Waals surface area (Å²) in [6, 6.07) is 18.8. The monoisotopic (exact) mass is 418 g/mol. The Morgan fingerprint density at radius 2 is 1.23 bits per heavy atom. The lowest BCUT2D eigenvalue weighted by atomic mass is 9.68. The number of rotatable bonds is 12. The predicted molar refractivity (Wildman–Crippen MR) is 138 cm³/mol. The molecule has 1 aliphatic rings. The zero-order chi connectivity index (χ0) is 21.9. The molecule has 0 heteroatoms. The van der Waals surface area contributed by atoms with E-state index >= 15 is 0 Å². The van der Waals surface area contributed by atoms with Crippen molar-refractivity contribution in [1.82, 2.24) is 0 Å². The molecule has 0 aliphatic heterocycles. The molecule has 0 amide bonds. The van der Waals surface area contributed by atoms with Crippen molar-refractivity contribution >= 4 is 0 Å². The molecule has 0 saturated heterocycles. The molecule has 0 N–H and O–H groups in total. The maximum absolute atomic E-state index is 2.55. The molecule has 1 saturated carbocycles. The van der Waals surface area contributed by atoms with E-state index < -0.39 is 0 Å². The van der Waals surface area contributed by atoms with E-state index in [0.29, 0.717) is 5.41 Å². The molecule has 2 aromatic rings. The van der Waals surface area contributed by atoms with Gasteiger partial charge in [-0.2, -0.15) is 0 Å². The highest BCUT2D eigenvalue weighted by atomic mass is 14.4. The standard InChI is InChI=1S/C31H46/c1-4-6-8-9-11-23-31(3)24-21-30(22-25-31)29-19-17-28(18-20-29)27-15-13-26(14-16-27)12-10-7-5-2/h13-20,30H,4-12,21-25H2,1-3H3. The number of hydrogen-bond donors (Lipinski definition) is 0. The van der Waals surface area contributed by atoms with Crippen molar-refractivity contribution < 1.29 is 0 Å². The first-order valence-corrected chi connectivity index (χ1v) is 13.3. The number of unbranched alkanes of at least 4 members (excludes halogenated alkanes) is 6. The highest BCUT2D eigenvalue weighted by Gasteiger charge is 2.31. The van der Waals surface area contributed by atoms with Crippen LogP contribution in [0.4, 0.5) is 0 Å². The van der Waals surface area contributed by atoms with Gasteiger partial charge in [0.05, 0.1) is 0 Å². The van der Waals surface area contributed by atoms with Crippen LogP contribution in [0.15, 0.2) is 48.5 Å². The molecule has 0 bridgehead atoms. The lowest BCUT2D eigenvalue weighted by Crippen LogP contribution is -2.23. The predicted octanol–water partition coefficient (Wildman–Crippen LogP) is 10.1. The lowest BCUT2D eigenvalue weighted by Gasteiger charge is -2.38. The maximum Gasteiger partial charge on any atom is -0.0162 e. The average molecular weight is 419 g/mol. The fraction of sp³-hybridized carbons (Fsp3) is 0.613. The molecule has 0 nitrogen and oxygen atoms in total. The van der Waals surface area contributed by atoms with E-state index in [1.54, 1.807) is 5.56 Å². The molecule has 0 spiro atoms. The van der Waals surface area contributed by atoms with Gasteiger partial charge in [-0.05, 0) is 78.5 Å². The molecular weight excluding hydrogens is 372 g/mol. The fourth-order valence-electron chi connectivity index (χ4n) is 5.44. The molecule has 0 heterocycles. The Morgan fingerprint density at radius 3 is 1.84 bits per heavy atom. The van der Waals surface area contributed by atoms with Gasteiger partial charge in [0.2, 0.25) is 0 Å². The average Bonchev–Trinajstić information content (AvgIpc) is 2.80. The zero-order valence-electron chi connectivity index (χ0n) is 20.6. The maximum atomic E-state index is 2.55. The van der Waals surface area contributed by atoms with Crippen LogP contribution in [0.1, 0.15) is 121 Å². The first kappa shape index (κ1) is 24.1. The third-order valence-corrected chi connectivity index (χ3v) is 7.81. The third kappa shape index (κ3) is 7.51. The van der Waals surface area contributed by atoms with Crippen LogP contribution in [0.5, 0.6) is 0 Å². The fourth-order valence-corrected chi connectivity index (χ4v) is 5.44. The van der Waals surface area contributed by atoms with Crippen LogP contribution < -0.4 is 0 Å². The van der Waals surface area contributed by atoms with Crippen LogP contribution >= 0.6 is 0 Å². The second-order valence-corrected chi connectivity index (χ2v) is 10.5. The number of aryl methyl sites for hydroxylation is 1. The summed E-state index contributed by atoms with van der Waals surface area (Å²) in [5, 5.41) is 0. The van der Waals surface area contributed by atoms with Gasteiger partial charge in [-0.3, -0.25) is 0 Å². The molecule has 2 aromatic carbocycles. The smallest absolute Gasteiger partial charge is 0.0162 e. The van der Waals surface area contributed by atoms with Crippen LogP contribution in [0.3, 0.4) is 0 Å². The molecule has 0 unspecified atom stereocenters. The van der Waals surface area contributed by atoms with Crippen molar-refractivity contribution in [3.8, 4) is 11.1 Å². The summed E-state index contributed by atoms with van der Waals surface area (Å²) in [6.45, 7) is 7.13. The summed E-state index contributed by atoms with van der Waals surface area (Å²) < 4.78 is 0. The number of hydrogen-bond acceptors (Lipinski definition) is 0. The summed E-state index contributed by atoms with van der Waals surface area (Å²) in [5.41, 5.74) is 6.35. The highest BCUT2D eigenvalue weighted by molar-refractivity contribution is 5.64. The quantitative estimate of drug-likeness (QED) is 0.301. The van der Waals surface area contributed by atoms with Crippen LogP contribution in [0, 0.1) is 5.41 Å². The van der Waals surface area contributed by atoms with Crippen molar-refractivity contribution in [2.24, 2.45) is 5.41 Å². The topological polar surface area (TPSA) is 0 Å². The van der Waals surface area contributed by atoms with Gasteiger partial charge in [-0.25, -0.2) is 0 Å². The minimum Gasteiger partial charge on any atom is -0.0654 e. The second-order valence-electron chi connectivity index (χ2n) is 10.5. The van der Waals surface area contributed by atoms with Crippen molar-refractivity contribution in [2.45, 2.75) is 117 Å². The van der Waals surface area contributed by atoms with Gasteiger partial charge in [0, 0.05) is 0 Å². The Balaban J connectivity index is 1.48. The normalized spacial score (nSPS) is 21.3. The third-order valence-electron chi connectivity index (χ3n) is 7.81. The van der Waals surface area contributed by atoms with E-state index in [-0.39, 0.29) is 0 Å². The van der Waals surface area contributed by atoms with Gasteiger partial charge >= 0.3 is 0 Å². The summed E-state index contributed by atoms with van der Waals surface area (Å²) in [6.07, 6.45) is 19.2. The summed E-state index contributed by atoms with van der Waals surface area (Å²) in [4.78, 5) is 0. The van der Waals surface area contributed by atoms with Gasteiger partial charge in [0.1, 0.15) is 0 Å². The first-order chi connectivity index (χ1) is 15.1. The minimum atomic E-state index is 0.599. The molecule has 0 radical (unpaired) electrons. The first-order valence-electron chi connectivity index (χ1n) is 13.3. The van der Waals surface area contributed by atoms with E-state index in [9.17, 15) is 0 Å². The van der Waals surface area contributed by atoms with Crippen molar-refractivity contribution in [3.05, 3.63) is 59.7 Å². The van der Waals surface area contributed by atoms with Crippen molar-refractivity contribution in [3.63, 3.8) is 0 Å². The minimum absolute atomic E-state index is 0.599. The Hall–Kier alpha value is -1.56. The Bertz CT molecular complexity index is 729. The molecule has 170 valence electrons. The van der Waals surface area contributed by atoms with Gasteiger partial charge in [0.25, 0.3) is 0 Å². The van der Waals surface area contributed by atoms with Crippen LogP contribution in [0.25, 0.3) is 11.1 Å². The Labute approximate surface area is 192 Å². The Kier molecular flexibility index (Phi) is 9.69. The molecule has 1 aliphatic carbocycles. The van der Waals surface area contributed by atoms with E-state index in [2.05, 4.69) is 69.3 Å². The number of benzene rings is 2. The molecule has 0 atom stereocenters. The zero-order valence-corrected chi connectivity index (χ0v) is 20.6.